The van der Waals surface area contributed by atoms with Crippen LogP contribution in [0.25, 0.3) is 0 Å². The SMILES string of the molecule is CC(NC(=O)c1cccc(F)c1)c1cccc(S(N)(=O)=O)c1. The number of rotatable bonds is 4. The highest BCUT2D eigenvalue weighted by Gasteiger charge is 2.14. The molecular weight excluding hydrogens is 307 g/mol. The quantitative estimate of drug-likeness (QED) is 0.902. The van der Waals surface area contributed by atoms with Gasteiger partial charge in [-0.1, -0.05) is 18.2 Å². The summed E-state index contributed by atoms with van der Waals surface area (Å²) in [5.74, 6) is -0.954. The van der Waals surface area contributed by atoms with E-state index in [1.807, 2.05) is 0 Å². The van der Waals surface area contributed by atoms with Crippen LogP contribution in [0.3, 0.4) is 0 Å². The molecule has 0 spiro atoms. The Morgan fingerprint density at radius 1 is 1.18 bits per heavy atom. The van der Waals surface area contributed by atoms with Gasteiger partial charge in [-0.25, -0.2) is 17.9 Å². The molecule has 0 aliphatic heterocycles. The van der Waals surface area contributed by atoms with E-state index in [0.29, 0.717) is 5.56 Å². The van der Waals surface area contributed by atoms with Crippen molar-refractivity contribution < 1.29 is 17.6 Å². The molecule has 2 aromatic carbocycles. The summed E-state index contributed by atoms with van der Waals surface area (Å²) in [6.45, 7) is 1.69. The monoisotopic (exact) mass is 322 g/mol. The number of hydrogen-bond donors (Lipinski definition) is 2. The van der Waals surface area contributed by atoms with Crippen LogP contribution in [0.1, 0.15) is 28.9 Å². The zero-order chi connectivity index (χ0) is 16.3. The molecule has 0 aliphatic rings. The summed E-state index contributed by atoms with van der Waals surface area (Å²) in [4.78, 5) is 12.0. The van der Waals surface area contributed by atoms with Crippen molar-refractivity contribution in [1.82, 2.24) is 5.32 Å². The van der Waals surface area contributed by atoms with E-state index in [1.54, 1.807) is 19.1 Å². The summed E-state index contributed by atoms with van der Waals surface area (Å²) in [6, 6.07) is 10.8. The molecule has 0 bridgehead atoms. The summed E-state index contributed by atoms with van der Waals surface area (Å²) in [5, 5.41) is 7.76. The molecule has 0 heterocycles. The first-order chi connectivity index (χ1) is 10.3. The van der Waals surface area contributed by atoms with Crippen LogP contribution in [-0.4, -0.2) is 14.3 Å². The summed E-state index contributed by atoms with van der Waals surface area (Å²) >= 11 is 0. The lowest BCUT2D eigenvalue weighted by Crippen LogP contribution is -2.27. The molecule has 1 amide bonds. The molecule has 0 aromatic heterocycles. The molecule has 1 unspecified atom stereocenters. The zero-order valence-corrected chi connectivity index (χ0v) is 12.6. The van der Waals surface area contributed by atoms with Gasteiger partial charge in [0.15, 0.2) is 0 Å². The van der Waals surface area contributed by atoms with Gasteiger partial charge in [-0.2, -0.15) is 0 Å². The van der Waals surface area contributed by atoms with Crippen molar-refractivity contribution in [1.29, 1.82) is 0 Å². The predicted octanol–water partition coefficient (Wildman–Crippen LogP) is 1.96. The standard InChI is InChI=1S/C15H15FN2O3S/c1-10(11-4-3-7-14(9-11)22(17,20)21)18-15(19)12-5-2-6-13(16)8-12/h2-10H,1H3,(H,18,19)(H2,17,20,21). The van der Waals surface area contributed by atoms with Crippen molar-refractivity contribution in [2.24, 2.45) is 5.14 Å². The number of hydrogen-bond acceptors (Lipinski definition) is 3. The van der Waals surface area contributed by atoms with E-state index >= 15 is 0 Å². The van der Waals surface area contributed by atoms with Gasteiger partial charge in [0.2, 0.25) is 10.0 Å². The molecular formula is C15H15FN2O3S. The van der Waals surface area contributed by atoms with Gasteiger partial charge in [-0.05, 0) is 42.8 Å². The fourth-order valence-electron chi connectivity index (χ4n) is 1.95. The second kappa shape index (κ2) is 6.25. The minimum Gasteiger partial charge on any atom is -0.346 e. The topological polar surface area (TPSA) is 89.3 Å². The minimum absolute atomic E-state index is 0.0307. The third-order valence-corrected chi connectivity index (χ3v) is 4.03. The molecule has 3 N–H and O–H groups in total. The normalized spacial score (nSPS) is 12.7. The molecule has 1 atom stereocenters. The Balaban J connectivity index is 2.19. The molecule has 0 radical (unpaired) electrons. The molecule has 2 aromatic rings. The van der Waals surface area contributed by atoms with Gasteiger partial charge in [0, 0.05) is 5.56 Å². The molecule has 5 nitrogen and oxygen atoms in total. The van der Waals surface area contributed by atoms with Crippen molar-refractivity contribution in [3.05, 3.63) is 65.5 Å². The second-order valence-corrected chi connectivity index (χ2v) is 6.38. The highest BCUT2D eigenvalue weighted by Crippen LogP contribution is 2.17. The van der Waals surface area contributed by atoms with Gasteiger partial charge >= 0.3 is 0 Å². The Hall–Kier alpha value is -2.25. The van der Waals surface area contributed by atoms with Crippen molar-refractivity contribution in [3.63, 3.8) is 0 Å². The maximum Gasteiger partial charge on any atom is 0.251 e. The maximum atomic E-state index is 13.1. The zero-order valence-electron chi connectivity index (χ0n) is 11.8. The number of carbonyl (C=O) groups is 1. The van der Waals surface area contributed by atoms with Crippen LogP contribution in [0.4, 0.5) is 4.39 Å². The number of primary sulfonamides is 1. The molecule has 2 rings (SSSR count). The second-order valence-electron chi connectivity index (χ2n) is 4.82. The number of halogens is 1. The number of amides is 1. The van der Waals surface area contributed by atoms with Gasteiger partial charge in [0.25, 0.3) is 5.91 Å². The molecule has 0 saturated carbocycles. The van der Waals surface area contributed by atoms with E-state index < -0.39 is 27.8 Å². The summed E-state index contributed by atoms with van der Waals surface area (Å²) in [6.07, 6.45) is 0. The maximum absolute atomic E-state index is 13.1. The first kappa shape index (κ1) is 16.1. The Kier molecular flexibility index (Phi) is 4.58. The van der Waals surface area contributed by atoms with Crippen LogP contribution < -0.4 is 10.5 Å². The molecule has 0 fully saturated rings. The van der Waals surface area contributed by atoms with E-state index in [-0.39, 0.29) is 10.5 Å². The molecule has 0 aliphatic carbocycles. The Morgan fingerprint density at radius 3 is 2.50 bits per heavy atom. The van der Waals surface area contributed by atoms with E-state index in [0.717, 1.165) is 6.07 Å². The first-order valence-corrected chi connectivity index (χ1v) is 8.01. The summed E-state index contributed by atoms with van der Waals surface area (Å²) in [5.41, 5.74) is 0.769. The lowest BCUT2D eigenvalue weighted by molar-refractivity contribution is 0.0939. The molecule has 7 heteroatoms. The van der Waals surface area contributed by atoms with Crippen molar-refractivity contribution >= 4 is 15.9 Å². The average Bonchev–Trinajstić information content (AvgIpc) is 2.46. The van der Waals surface area contributed by atoms with Gasteiger partial charge in [0.05, 0.1) is 10.9 Å². The van der Waals surface area contributed by atoms with Gasteiger partial charge in [-0.15, -0.1) is 0 Å². The number of nitrogens with one attached hydrogen (secondary N) is 1. The highest BCUT2D eigenvalue weighted by atomic mass is 32.2. The predicted molar refractivity (Wildman–Crippen MR) is 80.1 cm³/mol. The first-order valence-electron chi connectivity index (χ1n) is 6.46. The van der Waals surface area contributed by atoms with Gasteiger partial charge < -0.3 is 5.32 Å². The van der Waals surface area contributed by atoms with Crippen LogP contribution in [0.2, 0.25) is 0 Å². The number of nitrogens with two attached hydrogens (primary N) is 1. The third-order valence-electron chi connectivity index (χ3n) is 3.12. The van der Waals surface area contributed by atoms with Gasteiger partial charge in [-0.3, -0.25) is 4.79 Å². The van der Waals surface area contributed by atoms with Crippen LogP contribution in [0.15, 0.2) is 53.4 Å². The molecule has 0 saturated heterocycles. The number of sulfonamides is 1. The fraction of sp³-hybridized carbons (Fsp3) is 0.133. The van der Waals surface area contributed by atoms with Crippen LogP contribution >= 0.6 is 0 Å². The number of carbonyl (C=O) groups excluding carboxylic acids is 1. The van der Waals surface area contributed by atoms with Crippen molar-refractivity contribution in [2.45, 2.75) is 17.9 Å². The van der Waals surface area contributed by atoms with Crippen molar-refractivity contribution in [3.8, 4) is 0 Å². The van der Waals surface area contributed by atoms with Gasteiger partial charge in [0.1, 0.15) is 5.82 Å². The highest BCUT2D eigenvalue weighted by molar-refractivity contribution is 7.89. The third kappa shape index (κ3) is 3.90. The van der Waals surface area contributed by atoms with E-state index in [1.165, 1.54) is 30.3 Å². The van der Waals surface area contributed by atoms with Crippen LogP contribution in [-0.2, 0) is 10.0 Å². The lowest BCUT2D eigenvalue weighted by Gasteiger charge is -2.15. The lowest BCUT2D eigenvalue weighted by atomic mass is 10.1. The molecule has 116 valence electrons. The van der Waals surface area contributed by atoms with E-state index in [9.17, 15) is 17.6 Å². The average molecular weight is 322 g/mol. The van der Waals surface area contributed by atoms with E-state index in [2.05, 4.69) is 5.32 Å². The molecule has 22 heavy (non-hydrogen) atoms. The van der Waals surface area contributed by atoms with Crippen LogP contribution in [0.5, 0.6) is 0 Å². The largest absolute Gasteiger partial charge is 0.346 e. The summed E-state index contributed by atoms with van der Waals surface area (Å²) in [7, 11) is -3.81. The Labute approximate surface area is 128 Å². The fourth-order valence-corrected chi connectivity index (χ4v) is 2.52. The van der Waals surface area contributed by atoms with E-state index in [4.69, 9.17) is 5.14 Å². The Bertz CT molecular complexity index is 806. The van der Waals surface area contributed by atoms with Crippen molar-refractivity contribution in [2.75, 3.05) is 0 Å². The minimum atomic E-state index is -3.81. The van der Waals surface area contributed by atoms with Crippen LogP contribution in [0, 0.1) is 5.82 Å². The number of benzene rings is 2. The summed E-state index contributed by atoms with van der Waals surface area (Å²) < 4.78 is 35.8. The Morgan fingerprint density at radius 2 is 1.86 bits per heavy atom. The smallest absolute Gasteiger partial charge is 0.251 e.